The SMILES string of the molecule is C1CCOC1.C1CCOC1.CC[N]([Ti+2][N](CC)c1ccccc1C)c1ccccc1C.[Cl-].[Cl-]. The van der Waals surface area contributed by atoms with Crippen molar-refractivity contribution in [1.29, 1.82) is 0 Å². The van der Waals surface area contributed by atoms with E-state index in [-0.39, 0.29) is 44.5 Å². The molecule has 0 unspecified atom stereocenters. The number of benzene rings is 2. The molecule has 2 heterocycles. The summed E-state index contributed by atoms with van der Waals surface area (Å²) in [5.74, 6) is 0. The topological polar surface area (TPSA) is 24.9 Å². The summed E-state index contributed by atoms with van der Waals surface area (Å²) >= 11 is -0.388. The fourth-order valence-electron chi connectivity index (χ4n) is 3.49. The van der Waals surface area contributed by atoms with Crippen molar-refractivity contribution in [2.75, 3.05) is 46.3 Å². The summed E-state index contributed by atoms with van der Waals surface area (Å²) in [6.45, 7) is 15.0. The number of nitrogens with zero attached hydrogens (tertiary/aromatic N) is 2. The molecule has 2 aliphatic rings. The fourth-order valence-corrected chi connectivity index (χ4v) is 5.51. The minimum absolute atomic E-state index is 0. The normalized spacial score (nSPS) is 13.7. The molecule has 0 N–H and O–H groups in total. The van der Waals surface area contributed by atoms with E-state index >= 15 is 0 Å². The van der Waals surface area contributed by atoms with Crippen molar-refractivity contribution in [2.45, 2.75) is 53.4 Å². The molecule has 0 radical (unpaired) electrons. The molecule has 7 heteroatoms. The molecule has 0 saturated carbocycles. The molecule has 0 atom stereocenters. The third-order valence-corrected chi connectivity index (χ3v) is 7.84. The van der Waals surface area contributed by atoms with Crippen LogP contribution in [0.5, 0.6) is 0 Å². The third kappa shape index (κ3) is 12.0. The molecule has 2 aromatic carbocycles. The first-order valence-corrected chi connectivity index (χ1v) is 13.1. The van der Waals surface area contributed by atoms with Crippen molar-refractivity contribution < 1.29 is 54.0 Å². The summed E-state index contributed by atoms with van der Waals surface area (Å²) < 4.78 is 15.0. The van der Waals surface area contributed by atoms with E-state index in [0.717, 1.165) is 39.5 Å². The number of hydrogen-bond donors (Lipinski definition) is 0. The Morgan fingerprint density at radius 1 is 0.636 bits per heavy atom. The van der Waals surface area contributed by atoms with Gasteiger partial charge >= 0.3 is 138 Å². The van der Waals surface area contributed by atoms with Gasteiger partial charge in [-0.15, -0.1) is 0 Å². The Labute approximate surface area is 223 Å². The number of ether oxygens (including phenoxy) is 2. The molecule has 33 heavy (non-hydrogen) atoms. The summed E-state index contributed by atoms with van der Waals surface area (Å²) in [6.07, 6.45) is 5.11. The van der Waals surface area contributed by atoms with Gasteiger partial charge in [-0.1, -0.05) is 0 Å². The smallest absolute Gasteiger partial charge is 1.00 e. The maximum absolute atomic E-state index is 4.94. The van der Waals surface area contributed by atoms with Gasteiger partial charge in [-0.3, -0.25) is 0 Å². The zero-order chi connectivity index (χ0) is 22.3. The van der Waals surface area contributed by atoms with Gasteiger partial charge in [0.2, 0.25) is 0 Å². The molecule has 2 saturated heterocycles. The quantitative estimate of drug-likeness (QED) is 0.497. The molecule has 0 aromatic heterocycles. The maximum Gasteiger partial charge on any atom is -1.00 e. The van der Waals surface area contributed by atoms with Crippen LogP contribution < -0.4 is 31.6 Å². The van der Waals surface area contributed by atoms with Crippen molar-refractivity contribution >= 4 is 11.4 Å². The standard InChI is InChI=1S/2C9H12N.2C4H8O.2ClH.Ti/c2*1-3-10-9-7-5-4-6-8(9)2;2*1-2-4-5-3-1;;;/h2*4-7H,3H2,1-2H3;2*1-4H2;2*1H;/q2*-1;;;;;+4/p-2. The van der Waals surface area contributed by atoms with Crippen LogP contribution in [0.2, 0.25) is 0 Å². The second-order valence-electron chi connectivity index (χ2n) is 7.80. The summed E-state index contributed by atoms with van der Waals surface area (Å²) in [7, 11) is 0. The van der Waals surface area contributed by atoms with Gasteiger partial charge in [0.1, 0.15) is 0 Å². The Morgan fingerprint density at radius 3 is 1.21 bits per heavy atom. The van der Waals surface area contributed by atoms with E-state index < -0.39 is 0 Å². The summed E-state index contributed by atoms with van der Waals surface area (Å²) in [4.78, 5) is 0. The average Bonchev–Trinajstić information content (AvgIpc) is 3.55. The molecule has 4 rings (SSSR count). The predicted octanol–water partition coefficient (Wildman–Crippen LogP) is 0.170. The van der Waals surface area contributed by atoms with E-state index in [1.807, 2.05) is 0 Å². The van der Waals surface area contributed by atoms with Gasteiger partial charge in [-0.2, -0.15) is 0 Å². The molecule has 0 amide bonds. The van der Waals surface area contributed by atoms with E-state index in [2.05, 4.69) is 83.0 Å². The van der Waals surface area contributed by atoms with E-state index in [0.29, 0.717) is 0 Å². The average molecular weight is 531 g/mol. The van der Waals surface area contributed by atoms with Gasteiger partial charge in [-0.05, 0) is 25.7 Å². The van der Waals surface area contributed by atoms with Crippen LogP contribution in [-0.4, -0.2) is 39.5 Å². The summed E-state index contributed by atoms with van der Waals surface area (Å²) in [5.41, 5.74) is 5.49. The first-order valence-electron chi connectivity index (χ1n) is 11.8. The Morgan fingerprint density at radius 2 is 0.970 bits per heavy atom. The zero-order valence-electron chi connectivity index (χ0n) is 20.7. The molecule has 4 nitrogen and oxygen atoms in total. The van der Waals surface area contributed by atoms with Crippen LogP contribution in [0.25, 0.3) is 0 Å². The van der Waals surface area contributed by atoms with Crippen LogP contribution >= 0.6 is 0 Å². The molecule has 2 aromatic rings. The van der Waals surface area contributed by atoms with Gasteiger partial charge in [0.25, 0.3) is 0 Å². The third-order valence-electron chi connectivity index (χ3n) is 5.34. The monoisotopic (exact) mass is 530 g/mol. The van der Waals surface area contributed by atoms with Crippen LogP contribution in [0.1, 0.15) is 50.7 Å². The molecule has 2 fully saturated rings. The number of para-hydroxylation sites is 2. The Hall–Kier alpha value is -0.746. The van der Waals surface area contributed by atoms with Crippen LogP contribution in [-0.2, 0) is 29.1 Å². The molecular weight excluding hydrogens is 491 g/mol. The second-order valence-corrected chi connectivity index (χ2v) is 9.80. The number of hydrogen-bond acceptors (Lipinski definition) is 4. The predicted molar refractivity (Wildman–Crippen MR) is 129 cm³/mol. The minimum Gasteiger partial charge on any atom is -1.00 e. The van der Waals surface area contributed by atoms with E-state index in [9.17, 15) is 0 Å². The number of anilines is 2. The summed E-state index contributed by atoms with van der Waals surface area (Å²) in [6, 6.07) is 17.4. The maximum atomic E-state index is 4.94. The van der Waals surface area contributed by atoms with Gasteiger partial charge in [0.15, 0.2) is 0 Å². The number of rotatable bonds is 6. The van der Waals surface area contributed by atoms with Crippen molar-refractivity contribution in [1.82, 2.24) is 0 Å². The Balaban J connectivity index is 0.000000701. The van der Waals surface area contributed by atoms with Gasteiger partial charge in [0.05, 0.1) is 0 Å². The minimum atomic E-state index is -0.388. The van der Waals surface area contributed by atoms with E-state index in [1.54, 1.807) is 0 Å². The van der Waals surface area contributed by atoms with E-state index in [1.165, 1.54) is 48.2 Å². The fraction of sp³-hybridized carbons (Fsp3) is 0.538. The van der Waals surface area contributed by atoms with Crippen molar-refractivity contribution in [3.8, 4) is 0 Å². The van der Waals surface area contributed by atoms with Crippen molar-refractivity contribution in [3.05, 3.63) is 59.7 Å². The van der Waals surface area contributed by atoms with Crippen LogP contribution in [0.15, 0.2) is 48.5 Å². The summed E-state index contributed by atoms with van der Waals surface area (Å²) in [5, 5.41) is 0. The van der Waals surface area contributed by atoms with Crippen molar-refractivity contribution in [3.63, 3.8) is 0 Å². The molecule has 2 aliphatic heterocycles. The Bertz CT molecular complexity index is 667. The first kappa shape index (κ1) is 32.3. The molecule has 0 aliphatic carbocycles. The second kappa shape index (κ2) is 19.5. The molecule has 0 bridgehead atoms. The van der Waals surface area contributed by atoms with Crippen molar-refractivity contribution in [2.24, 2.45) is 0 Å². The van der Waals surface area contributed by atoms with Crippen LogP contribution in [0.4, 0.5) is 11.4 Å². The van der Waals surface area contributed by atoms with Crippen LogP contribution in [0.3, 0.4) is 0 Å². The molecule has 184 valence electrons. The zero-order valence-corrected chi connectivity index (χ0v) is 23.7. The molecule has 0 spiro atoms. The molecular formula is C26H40Cl2N2O2Ti. The number of halogens is 2. The first-order chi connectivity index (χ1) is 15.2. The van der Waals surface area contributed by atoms with E-state index in [4.69, 9.17) is 9.47 Å². The van der Waals surface area contributed by atoms with Gasteiger partial charge in [0, 0.05) is 26.4 Å². The number of aryl methyl sites for hydroxylation is 2. The van der Waals surface area contributed by atoms with Crippen LogP contribution in [0, 0.1) is 13.8 Å². The Kier molecular flexibility index (Phi) is 19.1. The largest absolute Gasteiger partial charge is 1.00 e. The van der Waals surface area contributed by atoms with Gasteiger partial charge in [-0.25, -0.2) is 0 Å². The van der Waals surface area contributed by atoms with Gasteiger partial charge < -0.3 is 34.3 Å².